The predicted octanol–water partition coefficient (Wildman–Crippen LogP) is 3.70. The number of nitrogens with zero attached hydrogens (tertiary/aromatic N) is 2. The van der Waals surface area contributed by atoms with Crippen molar-refractivity contribution in [1.29, 1.82) is 0 Å². The molecule has 1 saturated heterocycles. The van der Waals surface area contributed by atoms with E-state index in [0.29, 0.717) is 29.7 Å². The van der Waals surface area contributed by atoms with E-state index in [1.54, 1.807) is 12.1 Å². The fourth-order valence-corrected chi connectivity index (χ4v) is 3.98. The molecule has 6 heteroatoms. The number of hydrogen-bond acceptors (Lipinski definition) is 5. The standard InChI is InChI=1S/C22H24N2O4/c25-22-12-9-19-18(20(24(26)27)10-11-21(19)28-22)8-7-16-3-5-17(6-4-16)15-23-13-1-2-14-23/h3-6,9-12,22,25H,1-2,7-8,13-15H2. The number of rotatable bonds is 6. The van der Waals surface area contributed by atoms with Crippen LogP contribution >= 0.6 is 0 Å². The summed E-state index contributed by atoms with van der Waals surface area (Å²) in [5.74, 6) is 0.483. The third kappa shape index (κ3) is 4.08. The average Bonchev–Trinajstić information content (AvgIpc) is 3.19. The van der Waals surface area contributed by atoms with Crippen LogP contribution in [0.1, 0.15) is 35.1 Å². The van der Waals surface area contributed by atoms with Gasteiger partial charge in [-0.25, -0.2) is 0 Å². The second-order valence-electron chi connectivity index (χ2n) is 7.40. The molecule has 0 aliphatic carbocycles. The molecule has 1 N–H and O–H groups in total. The molecule has 6 nitrogen and oxygen atoms in total. The van der Waals surface area contributed by atoms with Gasteiger partial charge in [-0.3, -0.25) is 15.0 Å². The topological polar surface area (TPSA) is 75.8 Å². The Bertz CT molecular complexity index is 886. The quantitative estimate of drug-likeness (QED) is 0.611. The van der Waals surface area contributed by atoms with Gasteiger partial charge in [0.15, 0.2) is 0 Å². The van der Waals surface area contributed by atoms with Crippen LogP contribution in [0.15, 0.2) is 42.5 Å². The largest absolute Gasteiger partial charge is 0.461 e. The fraction of sp³-hybridized carbons (Fsp3) is 0.364. The first kappa shape index (κ1) is 18.7. The number of aliphatic hydroxyl groups is 1. The van der Waals surface area contributed by atoms with E-state index in [2.05, 4.69) is 29.2 Å². The number of nitro groups is 1. The van der Waals surface area contributed by atoms with Crippen LogP contribution in [0, 0.1) is 10.1 Å². The first-order chi connectivity index (χ1) is 13.6. The fourth-order valence-electron chi connectivity index (χ4n) is 3.98. The Labute approximate surface area is 164 Å². The van der Waals surface area contributed by atoms with E-state index in [1.807, 2.05) is 0 Å². The van der Waals surface area contributed by atoms with Crippen LogP contribution in [-0.2, 0) is 19.4 Å². The summed E-state index contributed by atoms with van der Waals surface area (Å²) in [6, 6.07) is 11.5. The molecule has 0 radical (unpaired) electrons. The third-order valence-electron chi connectivity index (χ3n) is 5.46. The van der Waals surface area contributed by atoms with Crippen LogP contribution in [-0.4, -0.2) is 34.3 Å². The highest BCUT2D eigenvalue weighted by Crippen LogP contribution is 2.35. The summed E-state index contributed by atoms with van der Waals surface area (Å²) < 4.78 is 5.38. The lowest BCUT2D eigenvalue weighted by Crippen LogP contribution is -2.18. The minimum Gasteiger partial charge on any atom is -0.461 e. The van der Waals surface area contributed by atoms with E-state index in [1.165, 1.54) is 43.6 Å². The molecule has 0 amide bonds. The van der Waals surface area contributed by atoms with Crippen molar-refractivity contribution in [1.82, 2.24) is 4.90 Å². The van der Waals surface area contributed by atoms with Gasteiger partial charge >= 0.3 is 0 Å². The van der Waals surface area contributed by atoms with E-state index in [4.69, 9.17) is 4.74 Å². The molecule has 28 heavy (non-hydrogen) atoms. The van der Waals surface area contributed by atoms with Crippen LogP contribution in [0.25, 0.3) is 6.08 Å². The molecular formula is C22H24N2O4. The highest BCUT2D eigenvalue weighted by molar-refractivity contribution is 5.68. The Balaban J connectivity index is 1.49. The van der Waals surface area contributed by atoms with Gasteiger partial charge in [-0.05, 0) is 68.1 Å². The molecule has 0 saturated carbocycles. The Kier molecular flexibility index (Phi) is 5.41. The van der Waals surface area contributed by atoms with E-state index < -0.39 is 6.29 Å². The molecule has 0 aromatic heterocycles. The zero-order chi connectivity index (χ0) is 19.5. The van der Waals surface area contributed by atoms with Crippen LogP contribution in [0.4, 0.5) is 5.69 Å². The van der Waals surface area contributed by atoms with Gasteiger partial charge in [0.25, 0.3) is 5.69 Å². The van der Waals surface area contributed by atoms with Crippen molar-refractivity contribution in [3.8, 4) is 5.75 Å². The molecule has 0 spiro atoms. The normalized spacial score (nSPS) is 18.7. The number of benzene rings is 2. The molecule has 1 unspecified atom stereocenters. The van der Waals surface area contributed by atoms with Gasteiger partial charge in [-0.2, -0.15) is 0 Å². The maximum atomic E-state index is 11.5. The number of likely N-dealkylation sites (tertiary alicyclic amines) is 1. The molecule has 4 rings (SSSR count). The second-order valence-corrected chi connectivity index (χ2v) is 7.40. The van der Waals surface area contributed by atoms with E-state index in [-0.39, 0.29) is 10.6 Å². The summed E-state index contributed by atoms with van der Waals surface area (Å²) in [4.78, 5) is 13.6. The summed E-state index contributed by atoms with van der Waals surface area (Å²) in [5.41, 5.74) is 3.88. The molecule has 2 aliphatic rings. The van der Waals surface area contributed by atoms with E-state index in [0.717, 1.165) is 12.1 Å². The lowest BCUT2D eigenvalue weighted by Gasteiger charge is -2.19. The third-order valence-corrected chi connectivity index (χ3v) is 5.46. The molecule has 1 atom stereocenters. The van der Waals surface area contributed by atoms with Gasteiger partial charge in [-0.1, -0.05) is 24.3 Å². The Morgan fingerprint density at radius 2 is 1.79 bits per heavy atom. The average molecular weight is 380 g/mol. The number of aryl methyl sites for hydroxylation is 1. The first-order valence-corrected chi connectivity index (χ1v) is 9.73. The maximum absolute atomic E-state index is 11.5. The van der Waals surface area contributed by atoms with Gasteiger partial charge in [-0.15, -0.1) is 0 Å². The van der Waals surface area contributed by atoms with Gasteiger partial charge in [0.1, 0.15) is 5.75 Å². The molecule has 1 fully saturated rings. The van der Waals surface area contributed by atoms with Crippen LogP contribution < -0.4 is 4.74 Å². The van der Waals surface area contributed by atoms with Crippen LogP contribution in [0.5, 0.6) is 5.75 Å². The number of nitro benzene ring substituents is 1. The van der Waals surface area contributed by atoms with Crippen molar-refractivity contribution in [3.05, 3.63) is 74.8 Å². The van der Waals surface area contributed by atoms with Gasteiger partial charge in [0.05, 0.1) is 4.92 Å². The first-order valence-electron chi connectivity index (χ1n) is 9.73. The lowest BCUT2D eigenvalue weighted by molar-refractivity contribution is -0.385. The van der Waals surface area contributed by atoms with Crippen molar-refractivity contribution in [2.24, 2.45) is 0 Å². The van der Waals surface area contributed by atoms with Gasteiger partial charge in [0, 0.05) is 23.7 Å². The minimum atomic E-state index is -1.01. The molecular weight excluding hydrogens is 356 g/mol. The van der Waals surface area contributed by atoms with Crippen molar-refractivity contribution in [3.63, 3.8) is 0 Å². The summed E-state index contributed by atoms with van der Waals surface area (Å²) in [7, 11) is 0. The Hall–Kier alpha value is -2.70. The highest BCUT2D eigenvalue weighted by Gasteiger charge is 2.23. The Morgan fingerprint density at radius 1 is 1.07 bits per heavy atom. The summed E-state index contributed by atoms with van der Waals surface area (Å²) in [6.07, 6.45) is 6.02. The van der Waals surface area contributed by atoms with E-state index in [9.17, 15) is 15.2 Å². The number of fused-ring (bicyclic) bond motifs is 1. The number of ether oxygens (including phenoxy) is 1. The maximum Gasteiger partial charge on any atom is 0.273 e. The second kappa shape index (κ2) is 8.12. The van der Waals surface area contributed by atoms with Crippen LogP contribution in [0.2, 0.25) is 0 Å². The van der Waals surface area contributed by atoms with Crippen molar-refractivity contribution < 1.29 is 14.8 Å². The van der Waals surface area contributed by atoms with E-state index >= 15 is 0 Å². The van der Waals surface area contributed by atoms with Crippen molar-refractivity contribution in [2.75, 3.05) is 13.1 Å². The minimum absolute atomic E-state index is 0.0917. The lowest BCUT2D eigenvalue weighted by atomic mass is 9.95. The molecule has 2 heterocycles. The monoisotopic (exact) mass is 380 g/mol. The molecule has 2 aromatic carbocycles. The van der Waals surface area contributed by atoms with Crippen molar-refractivity contribution in [2.45, 2.75) is 38.5 Å². The van der Waals surface area contributed by atoms with Crippen molar-refractivity contribution >= 4 is 11.8 Å². The Morgan fingerprint density at radius 3 is 2.50 bits per heavy atom. The number of hydrogen-bond donors (Lipinski definition) is 1. The van der Waals surface area contributed by atoms with Crippen LogP contribution in [0.3, 0.4) is 0 Å². The molecule has 2 aliphatic heterocycles. The predicted molar refractivity (Wildman–Crippen MR) is 107 cm³/mol. The number of aliphatic hydroxyl groups excluding tert-OH is 1. The molecule has 146 valence electrons. The van der Waals surface area contributed by atoms with Gasteiger partial charge < -0.3 is 9.84 Å². The molecule has 2 aromatic rings. The SMILES string of the molecule is O=[N+]([O-])c1ccc2c(c1CCc1ccc(CN3CCCC3)cc1)C=CC(O)O2. The zero-order valence-corrected chi connectivity index (χ0v) is 15.7. The highest BCUT2D eigenvalue weighted by atomic mass is 16.6. The smallest absolute Gasteiger partial charge is 0.273 e. The van der Waals surface area contributed by atoms with Gasteiger partial charge in [0.2, 0.25) is 6.29 Å². The summed E-state index contributed by atoms with van der Waals surface area (Å²) in [6.45, 7) is 3.34. The molecule has 0 bridgehead atoms. The summed E-state index contributed by atoms with van der Waals surface area (Å²) >= 11 is 0. The zero-order valence-electron chi connectivity index (χ0n) is 15.7. The summed E-state index contributed by atoms with van der Waals surface area (Å²) in [5, 5.41) is 21.1.